The van der Waals surface area contributed by atoms with Crippen molar-refractivity contribution in [1.29, 1.82) is 0 Å². The molecule has 1 rings (SSSR count). The van der Waals surface area contributed by atoms with E-state index in [1.165, 1.54) is 0 Å². The fraction of sp³-hybridized carbons (Fsp3) is 0.778. The van der Waals surface area contributed by atoms with E-state index in [-0.39, 0.29) is 29.7 Å². The van der Waals surface area contributed by atoms with Crippen molar-refractivity contribution in [3.05, 3.63) is 0 Å². The number of hydrogen-bond acceptors (Lipinski definition) is 2. The van der Waals surface area contributed by atoms with Crippen LogP contribution in [-0.2, 0) is 9.59 Å². The lowest BCUT2D eigenvalue weighted by Gasteiger charge is -2.36. The SMILES string of the molecule is CC1CCC(C(N)=O)CN1C(=O)CCl. The van der Waals surface area contributed by atoms with E-state index in [4.69, 9.17) is 17.3 Å². The monoisotopic (exact) mass is 218 g/mol. The van der Waals surface area contributed by atoms with Crippen LogP contribution in [0, 0.1) is 5.92 Å². The predicted molar refractivity (Wildman–Crippen MR) is 53.8 cm³/mol. The number of likely N-dealkylation sites (tertiary alicyclic amines) is 1. The Morgan fingerprint density at radius 3 is 2.64 bits per heavy atom. The molecule has 1 fully saturated rings. The van der Waals surface area contributed by atoms with Crippen molar-refractivity contribution >= 4 is 23.4 Å². The maximum absolute atomic E-state index is 11.4. The van der Waals surface area contributed by atoms with Crippen LogP contribution in [0.15, 0.2) is 0 Å². The highest BCUT2D eigenvalue weighted by atomic mass is 35.5. The molecule has 0 aromatic heterocycles. The Kier molecular flexibility index (Phi) is 3.75. The van der Waals surface area contributed by atoms with Gasteiger partial charge in [0, 0.05) is 12.6 Å². The van der Waals surface area contributed by atoms with Gasteiger partial charge in [0.25, 0.3) is 0 Å². The number of amides is 2. The fourth-order valence-corrected chi connectivity index (χ4v) is 1.92. The number of nitrogens with two attached hydrogens (primary N) is 1. The molecule has 14 heavy (non-hydrogen) atoms. The van der Waals surface area contributed by atoms with Gasteiger partial charge in [0.1, 0.15) is 5.88 Å². The van der Waals surface area contributed by atoms with Crippen LogP contribution in [0.25, 0.3) is 0 Å². The lowest BCUT2D eigenvalue weighted by molar-refractivity contribution is -0.135. The Labute approximate surface area is 88.4 Å². The molecule has 0 aromatic rings. The van der Waals surface area contributed by atoms with Crippen molar-refractivity contribution in [2.75, 3.05) is 12.4 Å². The number of alkyl halides is 1. The lowest BCUT2D eigenvalue weighted by Crippen LogP contribution is -2.49. The Balaban J connectivity index is 2.64. The smallest absolute Gasteiger partial charge is 0.237 e. The topological polar surface area (TPSA) is 63.4 Å². The van der Waals surface area contributed by atoms with Gasteiger partial charge >= 0.3 is 0 Å². The number of nitrogens with zero attached hydrogens (tertiary/aromatic N) is 1. The second-order valence-electron chi connectivity index (χ2n) is 3.71. The van der Waals surface area contributed by atoms with Gasteiger partial charge in [-0.1, -0.05) is 0 Å². The van der Waals surface area contributed by atoms with Crippen LogP contribution in [0.3, 0.4) is 0 Å². The summed E-state index contributed by atoms with van der Waals surface area (Å²) in [5.41, 5.74) is 5.21. The molecule has 80 valence electrons. The van der Waals surface area contributed by atoms with E-state index >= 15 is 0 Å². The molecule has 2 amide bonds. The van der Waals surface area contributed by atoms with Crippen molar-refractivity contribution < 1.29 is 9.59 Å². The Hall–Kier alpha value is -0.770. The summed E-state index contributed by atoms with van der Waals surface area (Å²) in [7, 11) is 0. The van der Waals surface area contributed by atoms with Gasteiger partial charge in [0.2, 0.25) is 11.8 Å². The highest BCUT2D eigenvalue weighted by molar-refractivity contribution is 6.27. The van der Waals surface area contributed by atoms with Crippen LogP contribution in [0.2, 0.25) is 0 Å². The summed E-state index contributed by atoms with van der Waals surface area (Å²) < 4.78 is 0. The summed E-state index contributed by atoms with van der Waals surface area (Å²) in [6.07, 6.45) is 1.58. The fourth-order valence-electron chi connectivity index (χ4n) is 1.76. The maximum atomic E-state index is 11.4. The summed E-state index contributed by atoms with van der Waals surface area (Å²) in [5.74, 6) is -0.691. The van der Waals surface area contributed by atoms with Gasteiger partial charge in [-0.3, -0.25) is 9.59 Å². The van der Waals surface area contributed by atoms with Crippen LogP contribution < -0.4 is 5.73 Å². The van der Waals surface area contributed by atoms with Crippen molar-refractivity contribution in [3.63, 3.8) is 0 Å². The molecule has 0 radical (unpaired) electrons. The molecule has 1 aliphatic rings. The molecule has 1 saturated heterocycles. The molecule has 1 heterocycles. The van der Waals surface area contributed by atoms with Crippen LogP contribution in [0.4, 0.5) is 0 Å². The summed E-state index contributed by atoms with van der Waals surface area (Å²) in [4.78, 5) is 24.0. The zero-order valence-corrected chi connectivity index (χ0v) is 8.96. The molecule has 1 aliphatic heterocycles. The lowest BCUT2D eigenvalue weighted by atomic mass is 9.93. The molecule has 0 aromatic carbocycles. The van der Waals surface area contributed by atoms with Gasteiger partial charge in [-0.05, 0) is 19.8 Å². The molecule has 4 nitrogen and oxygen atoms in total. The Morgan fingerprint density at radius 1 is 1.50 bits per heavy atom. The molecule has 0 spiro atoms. The average molecular weight is 219 g/mol. The quantitative estimate of drug-likeness (QED) is 0.680. The van der Waals surface area contributed by atoms with E-state index in [2.05, 4.69) is 0 Å². The van der Waals surface area contributed by atoms with Gasteiger partial charge in [0.05, 0.1) is 5.92 Å². The summed E-state index contributed by atoms with van der Waals surface area (Å²) in [6, 6.07) is 0.164. The first kappa shape index (κ1) is 11.3. The van der Waals surface area contributed by atoms with Gasteiger partial charge in [-0.25, -0.2) is 0 Å². The number of carbonyl (C=O) groups excluding carboxylic acids is 2. The molecular formula is C9H15ClN2O2. The molecule has 0 bridgehead atoms. The highest BCUT2D eigenvalue weighted by Crippen LogP contribution is 2.21. The summed E-state index contributed by atoms with van der Waals surface area (Å²) in [5, 5.41) is 0. The summed E-state index contributed by atoms with van der Waals surface area (Å²) in [6.45, 7) is 2.38. The maximum Gasteiger partial charge on any atom is 0.237 e. The van der Waals surface area contributed by atoms with Gasteiger partial charge in [0.15, 0.2) is 0 Å². The zero-order chi connectivity index (χ0) is 10.7. The van der Waals surface area contributed by atoms with E-state index in [1.54, 1.807) is 4.90 Å². The largest absolute Gasteiger partial charge is 0.369 e. The second-order valence-corrected chi connectivity index (χ2v) is 3.97. The molecule has 2 atom stereocenters. The van der Waals surface area contributed by atoms with Crippen LogP contribution in [-0.4, -0.2) is 35.2 Å². The number of carbonyl (C=O) groups is 2. The third-order valence-corrected chi connectivity index (χ3v) is 2.95. The molecule has 5 heteroatoms. The van der Waals surface area contributed by atoms with Crippen LogP contribution in [0.1, 0.15) is 19.8 Å². The third-order valence-electron chi connectivity index (χ3n) is 2.72. The highest BCUT2D eigenvalue weighted by Gasteiger charge is 2.30. The molecule has 2 N–H and O–H groups in total. The first-order valence-electron chi connectivity index (χ1n) is 4.71. The van der Waals surface area contributed by atoms with Crippen LogP contribution in [0.5, 0.6) is 0 Å². The minimum absolute atomic E-state index is 0.0319. The molecular weight excluding hydrogens is 204 g/mol. The van der Waals surface area contributed by atoms with Crippen molar-refractivity contribution in [2.45, 2.75) is 25.8 Å². The average Bonchev–Trinajstić information content (AvgIpc) is 2.17. The van der Waals surface area contributed by atoms with Crippen molar-refractivity contribution in [2.24, 2.45) is 11.7 Å². The minimum atomic E-state index is -0.329. The van der Waals surface area contributed by atoms with E-state index in [1.807, 2.05) is 6.92 Å². The summed E-state index contributed by atoms with van der Waals surface area (Å²) >= 11 is 5.47. The number of rotatable bonds is 2. The number of halogens is 1. The Morgan fingerprint density at radius 2 is 2.14 bits per heavy atom. The molecule has 2 unspecified atom stereocenters. The second kappa shape index (κ2) is 4.64. The zero-order valence-electron chi connectivity index (χ0n) is 8.20. The van der Waals surface area contributed by atoms with Gasteiger partial charge in [-0.15, -0.1) is 11.6 Å². The normalized spacial score (nSPS) is 27.4. The number of piperidine rings is 1. The van der Waals surface area contributed by atoms with Gasteiger partial charge < -0.3 is 10.6 Å². The van der Waals surface area contributed by atoms with Crippen molar-refractivity contribution in [3.8, 4) is 0 Å². The van der Waals surface area contributed by atoms with Crippen LogP contribution >= 0.6 is 11.6 Å². The molecule has 0 aliphatic carbocycles. The first-order valence-corrected chi connectivity index (χ1v) is 5.24. The van der Waals surface area contributed by atoms with Gasteiger partial charge in [-0.2, -0.15) is 0 Å². The first-order chi connectivity index (χ1) is 6.56. The Bertz CT molecular complexity index is 245. The predicted octanol–water partition coefficient (Wildman–Crippen LogP) is 0.338. The van der Waals surface area contributed by atoms with E-state index in [0.717, 1.165) is 12.8 Å². The standard InChI is InChI=1S/C9H15ClN2O2/c1-6-2-3-7(9(11)14)5-12(6)8(13)4-10/h6-7H,2-5H2,1H3,(H2,11,14). The third kappa shape index (κ3) is 2.38. The minimum Gasteiger partial charge on any atom is -0.369 e. The van der Waals surface area contributed by atoms with E-state index < -0.39 is 0 Å². The van der Waals surface area contributed by atoms with E-state index in [0.29, 0.717) is 6.54 Å². The number of primary amides is 1. The van der Waals surface area contributed by atoms with E-state index in [9.17, 15) is 9.59 Å². The number of hydrogen-bond donors (Lipinski definition) is 1. The molecule has 0 saturated carbocycles. The van der Waals surface area contributed by atoms with Crippen molar-refractivity contribution in [1.82, 2.24) is 4.90 Å².